The van der Waals surface area contributed by atoms with E-state index in [2.05, 4.69) is 36.0 Å². The van der Waals surface area contributed by atoms with Crippen molar-refractivity contribution in [2.75, 3.05) is 32.6 Å². The predicted octanol–water partition coefficient (Wildman–Crippen LogP) is 1.38. The van der Waals surface area contributed by atoms with Crippen LogP contribution in [0.3, 0.4) is 0 Å². The zero-order valence-electron chi connectivity index (χ0n) is 15.7. The summed E-state index contributed by atoms with van der Waals surface area (Å²) in [6.45, 7) is 2.45. The van der Waals surface area contributed by atoms with E-state index >= 15 is 0 Å². The third-order valence-corrected chi connectivity index (χ3v) is 4.30. The van der Waals surface area contributed by atoms with Gasteiger partial charge in [0.25, 0.3) is 0 Å². The first-order valence-electron chi connectivity index (χ1n) is 8.24. The second kappa shape index (κ2) is 12.1. The molecule has 1 amide bonds. The Morgan fingerprint density at radius 2 is 2.21 bits per heavy atom. The Balaban J connectivity index is 2.91. The molecule has 4 N–H and O–H groups in total. The van der Waals surface area contributed by atoms with Crippen LogP contribution in [0.4, 0.5) is 15.5 Å². The molecular weight excluding hydrogens is 388 g/mol. The number of nitro groups is 1. The maximum absolute atomic E-state index is 11.5. The van der Waals surface area contributed by atoms with Crippen LogP contribution in [0.15, 0.2) is 16.1 Å². The van der Waals surface area contributed by atoms with Crippen molar-refractivity contribution in [1.29, 1.82) is 5.26 Å². The number of alkyl carbamates (subject to hydrolysis) is 1. The number of thiophene rings is 1. The highest BCUT2D eigenvalue weighted by Crippen LogP contribution is 2.35. The fourth-order valence-electron chi connectivity index (χ4n) is 1.99. The summed E-state index contributed by atoms with van der Waals surface area (Å²) in [5.41, 5.74) is 0.239. The summed E-state index contributed by atoms with van der Waals surface area (Å²) in [6.07, 6.45) is 2.52. The quantitative estimate of drug-likeness (QED) is 0.0995. The molecule has 1 aromatic heterocycles. The Labute approximate surface area is 165 Å². The molecule has 28 heavy (non-hydrogen) atoms. The molecule has 0 aliphatic carbocycles. The number of methoxy groups -OCH3 is 1. The van der Waals surface area contributed by atoms with E-state index in [1.165, 1.54) is 14.2 Å². The van der Waals surface area contributed by atoms with Crippen molar-refractivity contribution in [1.82, 2.24) is 16.0 Å². The van der Waals surface area contributed by atoms with Crippen LogP contribution in [0, 0.1) is 21.6 Å². The van der Waals surface area contributed by atoms with Gasteiger partial charge < -0.3 is 15.4 Å². The van der Waals surface area contributed by atoms with E-state index in [0.717, 1.165) is 22.6 Å². The van der Waals surface area contributed by atoms with Crippen molar-refractivity contribution >= 4 is 40.0 Å². The van der Waals surface area contributed by atoms with E-state index in [1.807, 2.05) is 6.92 Å². The summed E-state index contributed by atoms with van der Waals surface area (Å²) >= 11 is 1.07. The summed E-state index contributed by atoms with van der Waals surface area (Å²) in [5, 5.41) is 30.2. The van der Waals surface area contributed by atoms with Crippen LogP contribution in [0.2, 0.25) is 0 Å². The normalized spacial score (nSPS) is 11.4. The van der Waals surface area contributed by atoms with Gasteiger partial charge in [-0.25, -0.2) is 4.79 Å². The van der Waals surface area contributed by atoms with Gasteiger partial charge in [-0.2, -0.15) is 5.26 Å². The second-order valence-electron chi connectivity index (χ2n) is 5.15. The monoisotopic (exact) mass is 410 g/mol. The van der Waals surface area contributed by atoms with E-state index in [4.69, 9.17) is 5.26 Å². The minimum Gasteiger partial charge on any atom is -0.453 e. The van der Waals surface area contributed by atoms with Crippen molar-refractivity contribution in [3.05, 3.63) is 21.1 Å². The molecule has 0 unspecified atom stereocenters. The lowest BCUT2D eigenvalue weighted by Crippen LogP contribution is -2.38. The minimum atomic E-state index is -0.771. The summed E-state index contributed by atoms with van der Waals surface area (Å²) < 4.78 is 4.55. The van der Waals surface area contributed by atoms with Gasteiger partial charge in [-0.1, -0.05) is 24.7 Å². The van der Waals surface area contributed by atoms with Crippen molar-refractivity contribution in [2.45, 2.75) is 19.8 Å². The van der Waals surface area contributed by atoms with Crippen molar-refractivity contribution in [2.24, 2.45) is 9.98 Å². The molecule has 0 saturated heterocycles. The van der Waals surface area contributed by atoms with Gasteiger partial charge >= 0.3 is 11.1 Å². The fraction of sp³-hybridized carbons (Fsp3) is 0.467. The molecule has 0 bridgehead atoms. The number of amides is 1. The highest BCUT2D eigenvalue weighted by atomic mass is 32.1. The smallest absolute Gasteiger partial charge is 0.413 e. The van der Waals surface area contributed by atoms with Gasteiger partial charge in [-0.05, 0) is 12.5 Å². The van der Waals surface area contributed by atoms with E-state index in [9.17, 15) is 14.9 Å². The molecule has 152 valence electrons. The number of hydrogen-bond acceptors (Lipinski definition) is 8. The zero-order valence-corrected chi connectivity index (χ0v) is 16.6. The molecule has 0 saturated carbocycles. The Morgan fingerprint density at radius 3 is 2.79 bits per heavy atom. The van der Waals surface area contributed by atoms with Crippen LogP contribution in [-0.2, 0) is 11.2 Å². The third-order valence-electron chi connectivity index (χ3n) is 3.16. The lowest BCUT2D eigenvalue weighted by molar-refractivity contribution is -0.379. The highest BCUT2D eigenvalue weighted by Gasteiger charge is 2.21. The largest absolute Gasteiger partial charge is 0.453 e. The second-order valence-corrected chi connectivity index (χ2v) is 6.26. The first-order chi connectivity index (χ1) is 13.4. The van der Waals surface area contributed by atoms with E-state index in [-0.39, 0.29) is 29.2 Å². The molecule has 0 aliphatic heterocycles. The third kappa shape index (κ3) is 7.46. The minimum absolute atomic E-state index is 0.000767. The molecule has 1 aromatic rings. The number of aryl methyl sites for hydroxylation is 1. The molecule has 13 heteroatoms. The van der Waals surface area contributed by atoms with Crippen molar-refractivity contribution in [3.63, 3.8) is 0 Å². The van der Waals surface area contributed by atoms with Gasteiger partial charge in [-0.3, -0.25) is 30.7 Å². The van der Waals surface area contributed by atoms with Gasteiger partial charge in [0.1, 0.15) is 5.69 Å². The lowest BCUT2D eigenvalue weighted by atomic mass is 10.3. The highest BCUT2D eigenvalue weighted by molar-refractivity contribution is 7.16. The van der Waals surface area contributed by atoms with E-state index < -0.39 is 11.0 Å². The maximum Gasteiger partial charge on any atom is 0.413 e. The zero-order chi connectivity index (χ0) is 20.9. The Morgan fingerprint density at radius 1 is 1.46 bits per heavy atom. The van der Waals surface area contributed by atoms with Gasteiger partial charge in [0.2, 0.25) is 11.9 Å². The molecule has 0 spiro atoms. The topological polar surface area (TPSA) is 166 Å². The average molecular weight is 410 g/mol. The van der Waals surface area contributed by atoms with Crippen LogP contribution < -0.4 is 21.3 Å². The number of carbonyl (C=O) groups excluding carboxylic acids is 1. The van der Waals surface area contributed by atoms with Crippen LogP contribution in [-0.4, -0.2) is 50.2 Å². The number of carbonyl (C=O) groups is 1. The number of aliphatic imine (C=N–C) groups is 2. The number of anilines is 1. The number of hydrogen-bond donors (Lipinski definition) is 4. The fourth-order valence-corrected chi connectivity index (χ4v) is 3.01. The number of ether oxygens (including phenoxy) is 1. The van der Waals surface area contributed by atoms with Crippen molar-refractivity contribution in [3.8, 4) is 6.19 Å². The molecular formula is C15H22N8O4S. The predicted molar refractivity (Wildman–Crippen MR) is 107 cm³/mol. The van der Waals surface area contributed by atoms with E-state index in [1.54, 1.807) is 12.3 Å². The van der Waals surface area contributed by atoms with Gasteiger partial charge in [-0.15, -0.1) is 0 Å². The van der Waals surface area contributed by atoms with Gasteiger partial charge in [0.15, 0.2) is 6.19 Å². The molecule has 1 rings (SSSR count). The Hall–Kier alpha value is -3.40. The van der Waals surface area contributed by atoms with Crippen LogP contribution in [0.5, 0.6) is 0 Å². The summed E-state index contributed by atoms with van der Waals surface area (Å²) in [5.74, 6) is 0.270. The first-order valence-corrected chi connectivity index (χ1v) is 9.06. The SMILES string of the molecule is CCCc1cc(NC(=NCCNC(=NC)NC#N)NC(=O)OC)c([N+](=O)[O-])s1. The van der Waals surface area contributed by atoms with Gasteiger partial charge in [0, 0.05) is 18.5 Å². The lowest BCUT2D eigenvalue weighted by Gasteiger charge is -2.10. The summed E-state index contributed by atoms with van der Waals surface area (Å²) in [6, 6.07) is 1.66. The van der Waals surface area contributed by atoms with Crippen molar-refractivity contribution < 1.29 is 14.5 Å². The van der Waals surface area contributed by atoms with Crippen LogP contribution in [0.1, 0.15) is 18.2 Å². The first kappa shape index (κ1) is 22.6. The Bertz CT molecular complexity index is 783. The van der Waals surface area contributed by atoms with Gasteiger partial charge in [0.05, 0.1) is 18.6 Å². The standard InChI is InChI=1S/C15H22N8O4S/c1-4-5-10-8-11(12(28-10)23(25)26)21-14(22-15(24)27-3)19-7-6-18-13(17-2)20-9-16/h8H,4-7H2,1-3H3,(H2,17,18,20)(H2,19,21,22,24). The molecule has 12 nitrogen and oxygen atoms in total. The van der Waals surface area contributed by atoms with Crippen LogP contribution in [0.25, 0.3) is 0 Å². The molecule has 0 aromatic carbocycles. The Kier molecular flexibility index (Phi) is 9.76. The number of nitrogens with zero attached hydrogens (tertiary/aromatic N) is 4. The maximum atomic E-state index is 11.5. The number of nitrogens with one attached hydrogen (secondary N) is 4. The summed E-state index contributed by atoms with van der Waals surface area (Å²) in [4.78, 5) is 31.2. The van der Waals surface area contributed by atoms with Crippen LogP contribution >= 0.6 is 11.3 Å². The number of guanidine groups is 2. The molecule has 0 atom stereocenters. The molecule has 0 fully saturated rings. The molecule has 0 radical (unpaired) electrons. The number of nitriles is 1. The summed E-state index contributed by atoms with van der Waals surface area (Å²) in [7, 11) is 2.70. The molecule has 1 heterocycles. The molecule has 0 aliphatic rings. The van der Waals surface area contributed by atoms with E-state index in [0.29, 0.717) is 13.0 Å². The average Bonchev–Trinajstić information content (AvgIpc) is 3.06. The number of rotatable bonds is 7.